The van der Waals surface area contributed by atoms with E-state index in [-0.39, 0.29) is 17.4 Å². The predicted molar refractivity (Wildman–Crippen MR) is 120 cm³/mol. The summed E-state index contributed by atoms with van der Waals surface area (Å²) in [5.74, 6) is 0.671. The maximum absolute atomic E-state index is 13.1. The van der Waals surface area contributed by atoms with Crippen LogP contribution >= 0.6 is 0 Å². The molecular formula is C25H19FN4O3. The molecular weight excluding hydrogens is 423 g/mol. The Kier molecular flexibility index (Phi) is 5.40. The molecule has 0 spiro atoms. The van der Waals surface area contributed by atoms with E-state index in [1.807, 2.05) is 42.5 Å². The van der Waals surface area contributed by atoms with Crippen molar-refractivity contribution in [1.29, 1.82) is 0 Å². The van der Waals surface area contributed by atoms with Gasteiger partial charge in [0.25, 0.3) is 11.8 Å². The molecule has 0 saturated carbocycles. The molecule has 2 heterocycles. The Morgan fingerprint density at radius 3 is 2.48 bits per heavy atom. The normalized spacial score (nSPS) is 11.1. The number of nitrogens with zero attached hydrogens (tertiary/aromatic N) is 4. The third-order valence-electron chi connectivity index (χ3n) is 5.34. The number of rotatable bonds is 6. The second kappa shape index (κ2) is 8.66. The molecule has 0 unspecified atom stereocenters. The summed E-state index contributed by atoms with van der Waals surface area (Å²) in [6.45, 7) is 0.361. The molecule has 164 valence electrons. The van der Waals surface area contributed by atoms with Crippen molar-refractivity contribution in [3.8, 4) is 22.8 Å². The number of carbonyl (C=O) groups is 1. The number of hydrogen-bond acceptors (Lipinski definition) is 6. The molecule has 0 N–H and O–H groups in total. The molecule has 0 radical (unpaired) electrons. The molecule has 0 aliphatic carbocycles. The van der Waals surface area contributed by atoms with Gasteiger partial charge in [-0.2, -0.15) is 4.98 Å². The highest BCUT2D eigenvalue weighted by atomic mass is 19.1. The molecule has 0 atom stereocenters. The summed E-state index contributed by atoms with van der Waals surface area (Å²) in [6.07, 6.45) is 0.391. The van der Waals surface area contributed by atoms with Crippen molar-refractivity contribution in [2.24, 2.45) is 0 Å². The van der Waals surface area contributed by atoms with E-state index < -0.39 is 0 Å². The van der Waals surface area contributed by atoms with Crippen LogP contribution in [0.15, 0.2) is 81.8 Å². The molecule has 2 aromatic heterocycles. The summed E-state index contributed by atoms with van der Waals surface area (Å²) in [6, 6.07) is 21.4. The SMILES string of the molecule is CN(CCc1noc(-c2ccc(F)cc2)n1)C(=O)c1cc(-c2ccc3ccccc3c2)on1. The first-order chi connectivity index (χ1) is 16.1. The monoisotopic (exact) mass is 442 g/mol. The lowest BCUT2D eigenvalue weighted by molar-refractivity contribution is 0.0785. The van der Waals surface area contributed by atoms with E-state index in [1.165, 1.54) is 17.0 Å². The Hall–Kier alpha value is -4.33. The summed E-state index contributed by atoms with van der Waals surface area (Å²) in [7, 11) is 1.67. The molecule has 5 aromatic rings. The Morgan fingerprint density at radius 1 is 0.909 bits per heavy atom. The fraction of sp³-hybridized carbons (Fsp3) is 0.120. The van der Waals surface area contributed by atoms with Crippen LogP contribution in [0, 0.1) is 5.82 Å². The van der Waals surface area contributed by atoms with E-state index in [2.05, 4.69) is 15.3 Å². The fourth-order valence-electron chi connectivity index (χ4n) is 3.48. The number of aromatic nitrogens is 3. The molecule has 1 amide bonds. The maximum Gasteiger partial charge on any atom is 0.275 e. The van der Waals surface area contributed by atoms with Gasteiger partial charge in [-0.25, -0.2) is 4.39 Å². The molecule has 7 nitrogen and oxygen atoms in total. The number of hydrogen-bond donors (Lipinski definition) is 0. The Morgan fingerprint density at radius 2 is 1.67 bits per heavy atom. The van der Waals surface area contributed by atoms with Crippen molar-refractivity contribution >= 4 is 16.7 Å². The number of likely N-dealkylation sites (N-methyl/N-ethyl adjacent to an activating group) is 1. The topological polar surface area (TPSA) is 85.3 Å². The highest BCUT2D eigenvalue weighted by Gasteiger charge is 2.19. The summed E-state index contributed by atoms with van der Waals surface area (Å²) >= 11 is 0. The standard InChI is InChI=1S/C25H19FN4O3/c1-30(13-12-23-27-24(33-29-23)17-8-10-20(26)11-9-17)25(31)21-15-22(32-28-21)19-7-6-16-4-2-3-5-18(16)14-19/h2-11,14-15H,12-13H2,1H3. The van der Waals surface area contributed by atoms with Crippen molar-refractivity contribution in [2.45, 2.75) is 6.42 Å². The summed E-state index contributed by atoms with van der Waals surface area (Å²) in [4.78, 5) is 18.6. The molecule has 3 aromatic carbocycles. The van der Waals surface area contributed by atoms with Crippen LogP contribution in [-0.2, 0) is 6.42 Å². The molecule has 8 heteroatoms. The number of carbonyl (C=O) groups excluding carboxylic acids is 1. The zero-order chi connectivity index (χ0) is 22.8. The van der Waals surface area contributed by atoms with Gasteiger partial charge in [0, 0.05) is 37.2 Å². The van der Waals surface area contributed by atoms with Crippen LogP contribution in [0.25, 0.3) is 33.6 Å². The van der Waals surface area contributed by atoms with E-state index in [0.717, 1.165) is 16.3 Å². The fourth-order valence-corrected chi connectivity index (χ4v) is 3.48. The average molecular weight is 442 g/mol. The van der Waals surface area contributed by atoms with Gasteiger partial charge in [0.15, 0.2) is 17.3 Å². The van der Waals surface area contributed by atoms with E-state index in [9.17, 15) is 9.18 Å². The Balaban J connectivity index is 1.24. The van der Waals surface area contributed by atoms with E-state index in [4.69, 9.17) is 9.05 Å². The van der Waals surface area contributed by atoms with Crippen molar-refractivity contribution in [3.63, 3.8) is 0 Å². The van der Waals surface area contributed by atoms with Crippen LogP contribution in [0.1, 0.15) is 16.3 Å². The zero-order valence-electron chi connectivity index (χ0n) is 17.7. The van der Waals surface area contributed by atoms with Gasteiger partial charge in [0.05, 0.1) is 0 Å². The largest absolute Gasteiger partial charge is 0.355 e. The lowest BCUT2D eigenvalue weighted by atomic mass is 10.1. The van der Waals surface area contributed by atoms with Gasteiger partial charge in [-0.1, -0.05) is 46.7 Å². The van der Waals surface area contributed by atoms with Crippen molar-refractivity contribution in [1.82, 2.24) is 20.2 Å². The first kappa shape index (κ1) is 20.6. The number of halogens is 1. The van der Waals surface area contributed by atoms with Gasteiger partial charge < -0.3 is 13.9 Å². The first-order valence-electron chi connectivity index (χ1n) is 10.4. The lowest BCUT2D eigenvalue weighted by Crippen LogP contribution is -2.29. The van der Waals surface area contributed by atoms with Crippen LogP contribution in [0.5, 0.6) is 0 Å². The van der Waals surface area contributed by atoms with Crippen LogP contribution < -0.4 is 0 Å². The zero-order valence-corrected chi connectivity index (χ0v) is 17.7. The van der Waals surface area contributed by atoms with Gasteiger partial charge in [0.2, 0.25) is 0 Å². The smallest absolute Gasteiger partial charge is 0.275 e. The summed E-state index contributed by atoms with van der Waals surface area (Å²) in [5, 5.41) is 10.1. The second-order valence-electron chi connectivity index (χ2n) is 7.64. The van der Waals surface area contributed by atoms with E-state index >= 15 is 0 Å². The molecule has 33 heavy (non-hydrogen) atoms. The maximum atomic E-state index is 13.1. The minimum atomic E-state index is -0.338. The number of benzene rings is 3. The van der Waals surface area contributed by atoms with Crippen LogP contribution in [0.4, 0.5) is 4.39 Å². The molecule has 0 fully saturated rings. The van der Waals surface area contributed by atoms with Crippen LogP contribution in [0.3, 0.4) is 0 Å². The van der Waals surface area contributed by atoms with Crippen molar-refractivity contribution in [3.05, 3.63) is 90.1 Å². The first-order valence-corrected chi connectivity index (χ1v) is 10.4. The third-order valence-corrected chi connectivity index (χ3v) is 5.34. The highest BCUT2D eigenvalue weighted by Crippen LogP contribution is 2.25. The minimum absolute atomic E-state index is 0.223. The number of amides is 1. The average Bonchev–Trinajstić information content (AvgIpc) is 3.52. The predicted octanol–water partition coefficient (Wildman–Crippen LogP) is 5.00. The van der Waals surface area contributed by atoms with Crippen LogP contribution in [-0.4, -0.2) is 39.7 Å². The Bertz CT molecular complexity index is 1430. The second-order valence-corrected chi connectivity index (χ2v) is 7.64. The van der Waals surface area contributed by atoms with Crippen molar-refractivity contribution in [2.75, 3.05) is 13.6 Å². The van der Waals surface area contributed by atoms with Gasteiger partial charge in [-0.3, -0.25) is 4.79 Å². The summed E-state index contributed by atoms with van der Waals surface area (Å²) in [5.41, 5.74) is 1.70. The van der Waals surface area contributed by atoms with E-state index in [1.54, 1.807) is 25.2 Å². The van der Waals surface area contributed by atoms with Crippen LogP contribution in [0.2, 0.25) is 0 Å². The van der Waals surface area contributed by atoms with Crippen molar-refractivity contribution < 1.29 is 18.2 Å². The van der Waals surface area contributed by atoms with Gasteiger partial charge in [-0.15, -0.1) is 0 Å². The third kappa shape index (κ3) is 4.36. The Labute approximate surface area is 188 Å². The minimum Gasteiger partial charge on any atom is -0.355 e. The molecule has 5 rings (SSSR count). The summed E-state index contributed by atoms with van der Waals surface area (Å²) < 4.78 is 23.7. The van der Waals surface area contributed by atoms with E-state index in [0.29, 0.717) is 36.0 Å². The number of fused-ring (bicyclic) bond motifs is 1. The van der Waals surface area contributed by atoms with Gasteiger partial charge in [-0.05, 0) is 41.1 Å². The van der Waals surface area contributed by atoms with Gasteiger partial charge >= 0.3 is 0 Å². The quantitative estimate of drug-likeness (QED) is 0.368. The molecule has 0 aliphatic rings. The van der Waals surface area contributed by atoms with Gasteiger partial charge in [0.1, 0.15) is 5.82 Å². The highest BCUT2D eigenvalue weighted by molar-refractivity contribution is 5.93. The lowest BCUT2D eigenvalue weighted by Gasteiger charge is -2.13. The molecule has 0 aliphatic heterocycles. The molecule has 0 saturated heterocycles. The molecule has 0 bridgehead atoms.